The summed E-state index contributed by atoms with van der Waals surface area (Å²) in [4.78, 5) is 2.51. The highest BCUT2D eigenvalue weighted by molar-refractivity contribution is 14.1. The van der Waals surface area contributed by atoms with Gasteiger partial charge in [0.2, 0.25) is 0 Å². The summed E-state index contributed by atoms with van der Waals surface area (Å²) in [5.41, 5.74) is 0.927. The summed E-state index contributed by atoms with van der Waals surface area (Å²) in [7, 11) is 0. The molecule has 0 aromatic heterocycles. The zero-order valence-electron chi connectivity index (χ0n) is 12.9. The van der Waals surface area contributed by atoms with Crippen molar-refractivity contribution < 1.29 is 4.39 Å². The minimum absolute atomic E-state index is 0. The molecule has 5 heteroatoms. The second-order valence-electron chi connectivity index (χ2n) is 6.29. The molecule has 1 atom stereocenters. The van der Waals surface area contributed by atoms with Gasteiger partial charge in [-0.2, -0.15) is 0 Å². The molecule has 1 saturated heterocycles. The maximum absolute atomic E-state index is 14.5. The Morgan fingerprint density at radius 3 is 2.50 bits per heavy atom. The molecular weight excluding hydrogens is 414 g/mol. The van der Waals surface area contributed by atoms with Crippen LogP contribution in [0.3, 0.4) is 0 Å². The van der Waals surface area contributed by atoms with Gasteiger partial charge in [-0.25, -0.2) is 4.39 Å². The molecule has 1 N–H and O–H groups in total. The molecule has 0 amide bonds. The van der Waals surface area contributed by atoms with Crippen LogP contribution in [0.15, 0.2) is 18.2 Å². The van der Waals surface area contributed by atoms with Gasteiger partial charge >= 0.3 is 0 Å². The summed E-state index contributed by atoms with van der Waals surface area (Å²) in [6, 6.07) is 5.85. The number of nitrogens with zero attached hydrogens (tertiary/aromatic N) is 1. The lowest BCUT2D eigenvalue weighted by atomic mass is 9.80. The first-order valence-corrected chi connectivity index (χ1v) is 9.23. The summed E-state index contributed by atoms with van der Waals surface area (Å²) in [6.07, 6.45) is 6.45. The van der Waals surface area contributed by atoms with E-state index in [0.29, 0.717) is 5.92 Å². The van der Waals surface area contributed by atoms with Crippen molar-refractivity contribution in [1.29, 1.82) is 0 Å². The third kappa shape index (κ3) is 4.34. The minimum Gasteiger partial charge on any atom is -0.314 e. The molecular formula is C17H25ClFIN2. The zero-order chi connectivity index (χ0) is 14.7. The molecule has 1 saturated carbocycles. The van der Waals surface area contributed by atoms with Crippen molar-refractivity contribution in [2.75, 3.05) is 26.2 Å². The van der Waals surface area contributed by atoms with E-state index in [1.165, 1.54) is 32.1 Å². The summed E-state index contributed by atoms with van der Waals surface area (Å²) in [5, 5.41) is 3.41. The molecule has 1 aromatic carbocycles. The number of hydrogen-bond acceptors (Lipinski definition) is 2. The Morgan fingerprint density at radius 2 is 1.82 bits per heavy atom. The summed E-state index contributed by atoms with van der Waals surface area (Å²) in [5.74, 6) is 0.592. The Kier molecular flexibility index (Phi) is 7.38. The highest BCUT2D eigenvalue weighted by Gasteiger charge is 2.32. The van der Waals surface area contributed by atoms with Crippen molar-refractivity contribution in [2.45, 2.75) is 38.1 Å². The smallest absolute Gasteiger partial charge is 0.128 e. The molecule has 0 radical (unpaired) electrons. The molecule has 2 nitrogen and oxygen atoms in total. The van der Waals surface area contributed by atoms with E-state index in [0.717, 1.165) is 35.3 Å². The molecule has 22 heavy (non-hydrogen) atoms. The van der Waals surface area contributed by atoms with Crippen LogP contribution in [-0.2, 0) is 0 Å². The van der Waals surface area contributed by atoms with Crippen LogP contribution in [-0.4, -0.2) is 31.1 Å². The molecule has 0 spiro atoms. The largest absolute Gasteiger partial charge is 0.314 e. The van der Waals surface area contributed by atoms with Crippen LogP contribution >= 0.6 is 35.0 Å². The van der Waals surface area contributed by atoms with Crippen LogP contribution in [0.1, 0.15) is 43.7 Å². The maximum Gasteiger partial charge on any atom is 0.128 e. The number of nitrogens with one attached hydrogen (secondary N) is 1. The van der Waals surface area contributed by atoms with E-state index in [-0.39, 0.29) is 24.3 Å². The van der Waals surface area contributed by atoms with Crippen molar-refractivity contribution in [3.63, 3.8) is 0 Å². The molecule has 1 aliphatic carbocycles. The summed E-state index contributed by atoms with van der Waals surface area (Å²) in [6.45, 7) is 4.11. The van der Waals surface area contributed by atoms with Crippen LogP contribution in [0.5, 0.6) is 0 Å². The van der Waals surface area contributed by atoms with Crippen LogP contribution in [0, 0.1) is 15.3 Å². The first-order valence-electron chi connectivity index (χ1n) is 8.15. The molecule has 1 heterocycles. The SMILES string of the molecule is Cl.Fc1ccc(I)cc1[C@H](C1CCCCC1)N1CCNCC1. The van der Waals surface area contributed by atoms with E-state index in [2.05, 4.69) is 38.9 Å². The lowest BCUT2D eigenvalue weighted by molar-refractivity contribution is 0.100. The van der Waals surface area contributed by atoms with Crippen LogP contribution in [0.25, 0.3) is 0 Å². The van der Waals surface area contributed by atoms with Gasteiger partial charge in [-0.05, 0) is 59.5 Å². The van der Waals surface area contributed by atoms with Crippen LogP contribution < -0.4 is 5.32 Å². The predicted molar refractivity (Wildman–Crippen MR) is 100 cm³/mol. The van der Waals surface area contributed by atoms with Crippen molar-refractivity contribution in [3.05, 3.63) is 33.1 Å². The number of hydrogen-bond donors (Lipinski definition) is 1. The van der Waals surface area contributed by atoms with Gasteiger partial charge in [-0.3, -0.25) is 4.90 Å². The van der Waals surface area contributed by atoms with Gasteiger partial charge in [0.15, 0.2) is 0 Å². The van der Waals surface area contributed by atoms with E-state index >= 15 is 0 Å². The van der Waals surface area contributed by atoms with E-state index in [1.54, 1.807) is 6.07 Å². The second-order valence-corrected chi connectivity index (χ2v) is 7.54. The molecule has 0 bridgehead atoms. The van der Waals surface area contributed by atoms with E-state index in [1.807, 2.05) is 6.07 Å². The highest BCUT2D eigenvalue weighted by atomic mass is 127. The van der Waals surface area contributed by atoms with Gasteiger partial charge in [0.25, 0.3) is 0 Å². The molecule has 3 rings (SSSR count). The number of rotatable bonds is 3. The third-order valence-corrected chi connectivity index (χ3v) is 5.59. The fourth-order valence-electron chi connectivity index (χ4n) is 3.90. The number of benzene rings is 1. The fraction of sp³-hybridized carbons (Fsp3) is 0.647. The Labute approximate surface area is 152 Å². The van der Waals surface area contributed by atoms with Crippen LogP contribution in [0.2, 0.25) is 0 Å². The number of halogens is 3. The molecule has 1 aromatic rings. The van der Waals surface area contributed by atoms with Crippen molar-refractivity contribution in [2.24, 2.45) is 5.92 Å². The summed E-state index contributed by atoms with van der Waals surface area (Å²) < 4.78 is 15.6. The minimum atomic E-state index is -0.0236. The number of piperazine rings is 1. The average Bonchev–Trinajstić information content (AvgIpc) is 2.53. The van der Waals surface area contributed by atoms with Gasteiger partial charge in [0.05, 0.1) is 0 Å². The van der Waals surface area contributed by atoms with Crippen LogP contribution in [0.4, 0.5) is 4.39 Å². The van der Waals surface area contributed by atoms with E-state index < -0.39 is 0 Å². The van der Waals surface area contributed by atoms with Gasteiger partial charge in [0, 0.05) is 41.4 Å². The lowest BCUT2D eigenvalue weighted by Crippen LogP contribution is -2.47. The van der Waals surface area contributed by atoms with Gasteiger partial charge in [-0.1, -0.05) is 19.3 Å². The van der Waals surface area contributed by atoms with Crippen molar-refractivity contribution in [1.82, 2.24) is 10.2 Å². The third-order valence-electron chi connectivity index (χ3n) is 4.92. The van der Waals surface area contributed by atoms with Crippen molar-refractivity contribution >= 4 is 35.0 Å². The fourth-order valence-corrected chi connectivity index (χ4v) is 4.42. The normalized spacial score (nSPS) is 22.1. The lowest BCUT2D eigenvalue weighted by Gasteiger charge is -2.41. The topological polar surface area (TPSA) is 15.3 Å². The predicted octanol–water partition coefficient (Wildman–Crippen LogP) is 4.38. The molecule has 124 valence electrons. The Balaban J connectivity index is 0.00000176. The average molecular weight is 439 g/mol. The second kappa shape index (κ2) is 8.81. The highest BCUT2D eigenvalue weighted by Crippen LogP contribution is 2.39. The van der Waals surface area contributed by atoms with Gasteiger partial charge in [-0.15, -0.1) is 12.4 Å². The van der Waals surface area contributed by atoms with Gasteiger partial charge < -0.3 is 5.32 Å². The Bertz CT molecular complexity index is 456. The van der Waals surface area contributed by atoms with Crippen molar-refractivity contribution in [3.8, 4) is 0 Å². The van der Waals surface area contributed by atoms with E-state index in [4.69, 9.17) is 0 Å². The molecule has 2 fully saturated rings. The van der Waals surface area contributed by atoms with E-state index in [9.17, 15) is 4.39 Å². The summed E-state index contributed by atoms with van der Waals surface area (Å²) >= 11 is 2.30. The first kappa shape index (κ1) is 18.4. The maximum atomic E-state index is 14.5. The molecule has 1 aliphatic heterocycles. The van der Waals surface area contributed by atoms with Gasteiger partial charge in [0.1, 0.15) is 5.82 Å². The Morgan fingerprint density at radius 1 is 1.14 bits per heavy atom. The molecule has 0 unspecified atom stereocenters. The first-order chi connectivity index (χ1) is 10.3. The monoisotopic (exact) mass is 438 g/mol. The zero-order valence-corrected chi connectivity index (χ0v) is 15.8. The quantitative estimate of drug-likeness (QED) is 0.705. The molecule has 2 aliphatic rings. The Hall–Kier alpha value is 0.0900. The standard InChI is InChI=1S/C17H24FIN2.ClH/c18-16-7-6-14(19)12-15(16)17(13-4-2-1-3-5-13)21-10-8-20-9-11-21;/h6-7,12-13,17,20H,1-5,8-11H2;1H/t17-;/m0./s1.